The van der Waals surface area contributed by atoms with E-state index in [0.29, 0.717) is 24.6 Å². The Bertz CT molecular complexity index is 602. The second-order valence-electron chi connectivity index (χ2n) is 3.98. The van der Waals surface area contributed by atoms with Gasteiger partial charge in [-0.3, -0.25) is 9.78 Å². The molecule has 4 N–H and O–H groups in total. The van der Waals surface area contributed by atoms with E-state index in [-0.39, 0.29) is 11.3 Å². The summed E-state index contributed by atoms with van der Waals surface area (Å²) >= 11 is 0. The molecular weight excluding hydrogens is 258 g/mol. The van der Waals surface area contributed by atoms with Crippen molar-refractivity contribution in [3.63, 3.8) is 0 Å². The summed E-state index contributed by atoms with van der Waals surface area (Å²) in [6.07, 6.45) is 2.65. The highest BCUT2D eigenvalue weighted by molar-refractivity contribution is 6.06. The van der Waals surface area contributed by atoms with Gasteiger partial charge in [0.05, 0.1) is 17.4 Å². The molecule has 0 aliphatic rings. The fourth-order valence-electron chi connectivity index (χ4n) is 1.63. The quantitative estimate of drug-likeness (QED) is 0.764. The van der Waals surface area contributed by atoms with E-state index < -0.39 is 5.91 Å². The third-order valence-corrected chi connectivity index (χ3v) is 2.56. The van der Waals surface area contributed by atoms with Crippen LogP contribution in [0.4, 0.5) is 5.69 Å². The highest BCUT2D eigenvalue weighted by Gasteiger charge is 2.13. The highest BCUT2D eigenvalue weighted by Crippen LogP contribution is 2.25. The predicted molar refractivity (Wildman–Crippen MR) is 74.8 cm³/mol. The molecule has 0 fully saturated rings. The van der Waals surface area contributed by atoms with Gasteiger partial charge in [0.1, 0.15) is 18.1 Å². The number of amides is 1. The zero-order valence-corrected chi connectivity index (χ0v) is 10.7. The summed E-state index contributed by atoms with van der Waals surface area (Å²) in [6.45, 7) is 0.737. The Hall–Kier alpha value is -2.60. The van der Waals surface area contributed by atoms with Crippen molar-refractivity contribution in [2.75, 3.05) is 18.5 Å². The highest BCUT2D eigenvalue weighted by atomic mass is 16.5. The van der Waals surface area contributed by atoms with Gasteiger partial charge in [-0.25, -0.2) is 0 Å². The minimum Gasteiger partial charge on any atom is -0.505 e. The van der Waals surface area contributed by atoms with Crippen LogP contribution in [-0.2, 0) is 0 Å². The summed E-state index contributed by atoms with van der Waals surface area (Å²) in [7, 11) is 0. The average molecular weight is 273 g/mol. The van der Waals surface area contributed by atoms with E-state index >= 15 is 0 Å². The lowest BCUT2D eigenvalue weighted by Crippen LogP contribution is -2.15. The molecule has 2 rings (SSSR count). The molecule has 6 heteroatoms. The maximum Gasteiger partial charge on any atom is 0.259 e. The molecule has 6 nitrogen and oxygen atoms in total. The van der Waals surface area contributed by atoms with Crippen molar-refractivity contribution in [1.29, 1.82) is 0 Å². The number of nitrogens with two attached hydrogens (primary N) is 1. The SMILES string of the molecule is NCCOc1ccccc1NC(=O)c1ccncc1O. The van der Waals surface area contributed by atoms with Gasteiger partial charge in [0, 0.05) is 12.7 Å². The topological polar surface area (TPSA) is 97.5 Å². The van der Waals surface area contributed by atoms with Crippen molar-refractivity contribution >= 4 is 11.6 Å². The molecule has 0 saturated carbocycles. The number of hydrogen-bond acceptors (Lipinski definition) is 5. The Kier molecular flexibility index (Phi) is 4.52. The zero-order valence-electron chi connectivity index (χ0n) is 10.7. The number of aromatic hydroxyl groups is 1. The molecule has 0 aliphatic heterocycles. The smallest absolute Gasteiger partial charge is 0.259 e. The van der Waals surface area contributed by atoms with Crippen LogP contribution in [0.15, 0.2) is 42.7 Å². The molecule has 0 aliphatic carbocycles. The van der Waals surface area contributed by atoms with E-state index in [1.807, 2.05) is 0 Å². The van der Waals surface area contributed by atoms with E-state index in [0.717, 1.165) is 0 Å². The number of nitrogens with one attached hydrogen (secondary N) is 1. The second-order valence-corrected chi connectivity index (χ2v) is 3.98. The van der Waals surface area contributed by atoms with Gasteiger partial charge >= 0.3 is 0 Å². The van der Waals surface area contributed by atoms with Crippen molar-refractivity contribution in [2.45, 2.75) is 0 Å². The minimum absolute atomic E-state index is 0.147. The van der Waals surface area contributed by atoms with Crippen LogP contribution in [0, 0.1) is 0 Å². The summed E-state index contributed by atoms with van der Waals surface area (Å²) in [4.78, 5) is 15.8. The summed E-state index contributed by atoms with van der Waals surface area (Å²) in [6, 6.07) is 8.45. The number of carbonyl (C=O) groups is 1. The molecule has 1 aromatic heterocycles. The van der Waals surface area contributed by atoms with Crippen LogP contribution in [0.2, 0.25) is 0 Å². The van der Waals surface area contributed by atoms with Gasteiger partial charge in [-0.2, -0.15) is 0 Å². The van der Waals surface area contributed by atoms with Crippen molar-refractivity contribution in [2.24, 2.45) is 5.73 Å². The normalized spacial score (nSPS) is 10.1. The summed E-state index contributed by atoms with van der Waals surface area (Å²) in [5.41, 5.74) is 6.05. The molecule has 2 aromatic rings. The van der Waals surface area contributed by atoms with Crippen LogP contribution in [0.5, 0.6) is 11.5 Å². The van der Waals surface area contributed by atoms with E-state index in [9.17, 15) is 9.90 Å². The Morgan fingerprint density at radius 3 is 2.90 bits per heavy atom. The monoisotopic (exact) mass is 273 g/mol. The fourth-order valence-corrected chi connectivity index (χ4v) is 1.63. The van der Waals surface area contributed by atoms with Crippen molar-refractivity contribution < 1.29 is 14.6 Å². The van der Waals surface area contributed by atoms with Crippen LogP contribution in [0.25, 0.3) is 0 Å². The molecule has 1 amide bonds. The largest absolute Gasteiger partial charge is 0.505 e. The number of rotatable bonds is 5. The van der Waals surface area contributed by atoms with Crippen LogP contribution < -0.4 is 15.8 Å². The first-order valence-electron chi connectivity index (χ1n) is 6.08. The van der Waals surface area contributed by atoms with E-state index in [2.05, 4.69) is 10.3 Å². The Balaban J connectivity index is 2.18. The standard InChI is InChI=1S/C14H15N3O3/c15-6-8-20-13-4-2-1-3-11(13)17-14(19)10-5-7-16-9-12(10)18/h1-5,7,9,18H,6,8,15H2,(H,17,19). The van der Waals surface area contributed by atoms with Gasteiger partial charge in [-0.05, 0) is 18.2 Å². The number of ether oxygens (including phenoxy) is 1. The minimum atomic E-state index is -0.436. The molecular formula is C14H15N3O3. The second kappa shape index (κ2) is 6.53. The van der Waals surface area contributed by atoms with Gasteiger partial charge in [-0.1, -0.05) is 12.1 Å². The molecule has 0 atom stereocenters. The summed E-state index contributed by atoms with van der Waals surface area (Å²) < 4.78 is 5.44. The number of hydrogen-bond donors (Lipinski definition) is 3. The fraction of sp³-hybridized carbons (Fsp3) is 0.143. The third-order valence-electron chi connectivity index (χ3n) is 2.56. The molecule has 0 spiro atoms. The maximum atomic E-state index is 12.1. The molecule has 0 unspecified atom stereocenters. The van der Waals surface area contributed by atoms with Gasteiger partial charge in [0.25, 0.3) is 5.91 Å². The van der Waals surface area contributed by atoms with E-state index in [1.165, 1.54) is 18.5 Å². The number of benzene rings is 1. The van der Waals surface area contributed by atoms with Crippen molar-refractivity contribution in [3.8, 4) is 11.5 Å². The molecule has 1 heterocycles. The number of carbonyl (C=O) groups excluding carboxylic acids is 1. The molecule has 1 aromatic carbocycles. The predicted octanol–water partition coefficient (Wildman–Crippen LogP) is 1.38. The van der Waals surface area contributed by atoms with Gasteiger partial charge in [0.2, 0.25) is 0 Å². The first-order chi connectivity index (χ1) is 9.72. The molecule has 0 saturated heterocycles. The number of pyridine rings is 1. The Morgan fingerprint density at radius 1 is 1.35 bits per heavy atom. The van der Waals surface area contributed by atoms with E-state index in [1.54, 1.807) is 24.3 Å². The Labute approximate surface area is 116 Å². The van der Waals surface area contributed by atoms with Crippen LogP contribution in [0.1, 0.15) is 10.4 Å². The lowest BCUT2D eigenvalue weighted by Gasteiger charge is -2.12. The summed E-state index contributed by atoms with van der Waals surface area (Å²) in [5, 5.41) is 12.3. The van der Waals surface area contributed by atoms with Gasteiger partial charge in [-0.15, -0.1) is 0 Å². The van der Waals surface area contributed by atoms with Gasteiger partial charge in [0.15, 0.2) is 0 Å². The average Bonchev–Trinajstić information content (AvgIpc) is 2.46. The molecule has 104 valence electrons. The first-order valence-corrected chi connectivity index (χ1v) is 6.08. The van der Waals surface area contributed by atoms with Crippen LogP contribution in [-0.4, -0.2) is 29.1 Å². The van der Waals surface area contributed by atoms with Crippen LogP contribution in [0.3, 0.4) is 0 Å². The number of nitrogens with zero attached hydrogens (tertiary/aromatic N) is 1. The van der Waals surface area contributed by atoms with Crippen molar-refractivity contribution in [3.05, 3.63) is 48.3 Å². The third kappa shape index (κ3) is 3.24. The van der Waals surface area contributed by atoms with Crippen molar-refractivity contribution in [1.82, 2.24) is 4.98 Å². The lowest BCUT2D eigenvalue weighted by atomic mass is 10.2. The first kappa shape index (κ1) is 13.8. The molecule has 0 radical (unpaired) electrons. The molecule has 20 heavy (non-hydrogen) atoms. The molecule has 0 bridgehead atoms. The lowest BCUT2D eigenvalue weighted by molar-refractivity contribution is 0.102. The summed E-state index contributed by atoms with van der Waals surface area (Å²) in [5.74, 6) is -0.0843. The van der Waals surface area contributed by atoms with Gasteiger partial charge < -0.3 is 20.9 Å². The number of anilines is 1. The maximum absolute atomic E-state index is 12.1. The number of aromatic nitrogens is 1. The number of para-hydroxylation sites is 2. The van der Waals surface area contributed by atoms with Crippen LogP contribution >= 0.6 is 0 Å². The Morgan fingerprint density at radius 2 is 2.15 bits per heavy atom. The van der Waals surface area contributed by atoms with E-state index in [4.69, 9.17) is 10.5 Å². The zero-order chi connectivity index (χ0) is 14.4.